The molecule has 0 unspecified atom stereocenters. The van der Waals surface area contributed by atoms with E-state index < -0.39 is 0 Å². The van der Waals surface area contributed by atoms with Crippen LogP contribution < -0.4 is 9.47 Å². The van der Waals surface area contributed by atoms with Crippen molar-refractivity contribution in [3.63, 3.8) is 0 Å². The summed E-state index contributed by atoms with van der Waals surface area (Å²) in [6, 6.07) is 5.77. The summed E-state index contributed by atoms with van der Waals surface area (Å²) in [7, 11) is 0. The number of rotatable bonds is 1. The molecule has 0 saturated carbocycles. The number of benzene rings is 1. The fourth-order valence-electron chi connectivity index (χ4n) is 4.56. The van der Waals surface area contributed by atoms with E-state index in [1.165, 1.54) is 0 Å². The van der Waals surface area contributed by atoms with Gasteiger partial charge in [0.2, 0.25) is 5.91 Å². The highest BCUT2D eigenvalue weighted by Gasteiger charge is 2.38. The predicted octanol–water partition coefficient (Wildman–Crippen LogP) is 2.32. The maximum Gasteiger partial charge on any atom is 0.257 e. The lowest BCUT2D eigenvalue weighted by Gasteiger charge is -2.42. The number of fused-ring (bicyclic) bond motifs is 2. The van der Waals surface area contributed by atoms with Crippen molar-refractivity contribution < 1.29 is 19.1 Å². The molecule has 2 atom stereocenters. The van der Waals surface area contributed by atoms with Gasteiger partial charge in [-0.2, -0.15) is 0 Å². The average Bonchev–Trinajstić information content (AvgIpc) is 2.89. The Hall–Kier alpha value is -2.24. The Morgan fingerprint density at radius 3 is 2.77 bits per heavy atom. The van der Waals surface area contributed by atoms with E-state index in [1.54, 1.807) is 6.92 Å². The van der Waals surface area contributed by atoms with Gasteiger partial charge >= 0.3 is 0 Å². The Morgan fingerprint density at radius 2 is 1.92 bits per heavy atom. The number of piperidine rings is 1. The summed E-state index contributed by atoms with van der Waals surface area (Å²) in [4.78, 5) is 29.1. The molecule has 3 heterocycles. The molecule has 0 aliphatic carbocycles. The summed E-state index contributed by atoms with van der Waals surface area (Å²) in [5.74, 6) is 1.73. The van der Waals surface area contributed by atoms with E-state index >= 15 is 0 Å². The minimum atomic E-state index is 0.00409. The van der Waals surface area contributed by atoms with Crippen molar-refractivity contribution in [2.75, 3.05) is 32.8 Å². The molecule has 3 aliphatic rings. The number of amides is 2. The van der Waals surface area contributed by atoms with Crippen LogP contribution in [0.15, 0.2) is 18.2 Å². The largest absolute Gasteiger partial charge is 0.486 e. The van der Waals surface area contributed by atoms with Crippen molar-refractivity contribution in [2.45, 2.75) is 38.6 Å². The van der Waals surface area contributed by atoms with Crippen LogP contribution >= 0.6 is 0 Å². The van der Waals surface area contributed by atoms with Crippen LogP contribution in [0, 0.1) is 5.92 Å². The van der Waals surface area contributed by atoms with E-state index in [9.17, 15) is 9.59 Å². The predicted molar refractivity (Wildman–Crippen MR) is 96.5 cm³/mol. The minimum Gasteiger partial charge on any atom is -0.486 e. The van der Waals surface area contributed by atoms with Crippen LogP contribution in [0.3, 0.4) is 0 Å². The van der Waals surface area contributed by atoms with Crippen molar-refractivity contribution in [2.24, 2.45) is 5.92 Å². The number of hydrogen-bond donors (Lipinski definition) is 0. The molecule has 6 nitrogen and oxygen atoms in total. The van der Waals surface area contributed by atoms with Crippen LogP contribution in [-0.4, -0.2) is 60.5 Å². The second-order valence-electron chi connectivity index (χ2n) is 7.41. The van der Waals surface area contributed by atoms with E-state index in [1.807, 2.05) is 28.0 Å². The number of carbonyl (C=O) groups is 2. The fraction of sp³-hybridized carbons (Fsp3) is 0.600. The SMILES string of the molecule is CC(=O)N1CCCC[C@@H]2CN(C(=O)c3cccc4c3OCCO4)CC[C@H]21. The molecule has 0 aromatic heterocycles. The van der Waals surface area contributed by atoms with Crippen molar-refractivity contribution in [1.29, 1.82) is 0 Å². The number of para-hydroxylation sites is 1. The van der Waals surface area contributed by atoms with Crippen molar-refractivity contribution in [1.82, 2.24) is 9.80 Å². The molecule has 4 rings (SSSR count). The van der Waals surface area contributed by atoms with Gasteiger partial charge in [-0.25, -0.2) is 0 Å². The first kappa shape index (κ1) is 17.2. The Bertz CT molecular complexity index is 705. The van der Waals surface area contributed by atoms with Gasteiger partial charge in [0.05, 0.1) is 5.56 Å². The molecule has 0 spiro atoms. The molecule has 6 heteroatoms. The zero-order valence-corrected chi connectivity index (χ0v) is 15.3. The standard InChI is InChI=1S/C20H26N2O4/c1-14(23)22-9-3-2-5-15-13-21(10-8-17(15)22)20(24)16-6-4-7-18-19(16)26-12-11-25-18/h4,6-7,15,17H,2-3,5,8-13H2,1H3/t15-,17-/m1/s1. The molecule has 1 aromatic rings. The molecule has 2 saturated heterocycles. The third kappa shape index (κ3) is 3.13. The van der Waals surface area contributed by atoms with E-state index in [0.29, 0.717) is 49.3 Å². The summed E-state index contributed by atoms with van der Waals surface area (Å²) in [6.07, 6.45) is 4.09. The molecule has 2 amide bonds. The highest BCUT2D eigenvalue weighted by molar-refractivity contribution is 5.98. The number of hydrogen-bond acceptors (Lipinski definition) is 4. The molecular formula is C20H26N2O4. The van der Waals surface area contributed by atoms with Crippen molar-refractivity contribution >= 4 is 11.8 Å². The Kier molecular flexibility index (Phi) is 4.74. The lowest BCUT2D eigenvalue weighted by atomic mass is 9.88. The zero-order chi connectivity index (χ0) is 18.1. The summed E-state index contributed by atoms with van der Waals surface area (Å²) >= 11 is 0. The molecule has 26 heavy (non-hydrogen) atoms. The first-order chi connectivity index (χ1) is 12.6. The van der Waals surface area contributed by atoms with E-state index in [2.05, 4.69) is 0 Å². The summed E-state index contributed by atoms with van der Waals surface area (Å²) in [6.45, 7) is 4.87. The molecule has 140 valence electrons. The van der Waals surface area contributed by atoms with Gasteiger partial charge in [0.15, 0.2) is 11.5 Å². The van der Waals surface area contributed by atoms with Crippen LogP contribution in [0.5, 0.6) is 11.5 Å². The van der Waals surface area contributed by atoms with Crippen LogP contribution in [0.2, 0.25) is 0 Å². The third-order valence-electron chi connectivity index (χ3n) is 5.81. The van der Waals surface area contributed by atoms with Crippen LogP contribution in [-0.2, 0) is 4.79 Å². The molecule has 0 radical (unpaired) electrons. The molecule has 1 aromatic carbocycles. The van der Waals surface area contributed by atoms with Gasteiger partial charge in [0.25, 0.3) is 5.91 Å². The lowest BCUT2D eigenvalue weighted by Crippen LogP contribution is -2.53. The number of nitrogens with zero attached hydrogens (tertiary/aromatic N) is 2. The van der Waals surface area contributed by atoms with Crippen LogP contribution in [0.25, 0.3) is 0 Å². The highest BCUT2D eigenvalue weighted by Crippen LogP contribution is 2.36. The monoisotopic (exact) mass is 358 g/mol. The summed E-state index contributed by atoms with van der Waals surface area (Å²) < 4.78 is 11.3. The van der Waals surface area contributed by atoms with Crippen molar-refractivity contribution in [3.05, 3.63) is 23.8 Å². The second-order valence-corrected chi connectivity index (χ2v) is 7.41. The van der Waals surface area contributed by atoms with Gasteiger partial charge in [0, 0.05) is 32.6 Å². The topological polar surface area (TPSA) is 59.1 Å². The Balaban J connectivity index is 1.53. The van der Waals surface area contributed by atoms with E-state index in [0.717, 1.165) is 32.2 Å². The first-order valence-electron chi connectivity index (χ1n) is 9.60. The fourth-order valence-corrected chi connectivity index (χ4v) is 4.56. The van der Waals surface area contributed by atoms with Crippen LogP contribution in [0.4, 0.5) is 0 Å². The van der Waals surface area contributed by atoms with Gasteiger partial charge in [-0.15, -0.1) is 0 Å². The molecule has 0 bridgehead atoms. The minimum absolute atomic E-state index is 0.00409. The lowest BCUT2D eigenvalue weighted by molar-refractivity contribution is -0.132. The van der Waals surface area contributed by atoms with Gasteiger partial charge in [-0.3, -0.25) is 9.59 Å². The van der Waals surface area contributed by atoms with Gasteiger partial charge in [-0.05, 0) is 37.3 Å². The highest BCUT2D eigenvalue weighted by atomic mass is 16.6. The Labute approximate surface area is 154 Å². The zero-order valence-electron chi connectivity index (χ0n) is 15.3. The number of ether oxygens (including phenoxy) is 2. The van der Waals surface area contributed by atoms with Crippen molar-refractivity contribution in [3.8, 4) is 11.5 Å². The third-order valence-corrected chi connectivity index (χ3v) is 5.81. The molecular weight excluding hydrogens is 332 g/mol. The average molecular weight is 358 g/mol. The molecule has 2 fully saturated rings. The number of likely N-dealkylation sites (tertiary alicyclic amines) is 2. The summed E-state index contributed by atoms with van der Waals surface area (Å²) in [5.41, 5.74) is 0.581. The smallest absolute Gasteiger partial charge is 0.257 e. The number of carbonyl (C=O) groups excluding carboxylic acids is 2. The van der Waals surface area contributed by atoms with Crippen LogP contribution in [0.1, 0.15) is 43.0 Å². The maximum atomic E-state index is 13.2. The summed E-state index contributed by atoms with van der Waals surface area (Å²) in [5, 5.41) is 0. The van der Waals surface area contributed by atoms with Gasteiger partial charge in [0.1, 0.15) is 13.2 Å². The quantitative estimate of drug-likeness (QED) is 0.773. The van der Waals surface area contributed by atoms with Gasteiger partial charge < -0.3 is 19.3 Å². The Morgan fingerprint density at radius 1 is 1.08 bits per heavy atom. The van der Waals surface area contributed by atoms with E-state index in [-0.39, 0.29) is 17.9 Å². The molecule has 0 N–H and O–H groups in total. The molecule has 3 aliphatic heterocycles. The maximum absolute atomic E-state index is 13.2. The first-order valence-corrected chi connectivity index (χ1v) is 9.60. The second kappa shape index (κ2) is 7.17. The van der Waals surface area contributed by atoms with Gasteiger partial charge in [-0.1, -0.05) is 12.5 Å². The normalized spacial score (nSPS) is 25.3. The van der Waals surface area contributed by atoms with E-state index in [4.69, 9.17) is 9.47 Å².